The van der Waals surface area contributed by atoms with Crippen LogP contribution in [0.3, 0.4) is 0 Å². The van der Waals surface area contributed by atoms with Crippen LogP contribution in [0.25, 0.3) is 22.0 Å². The van der Waals surface area contributed by atoms with E-state index in [-0.39, 0.29) is 11.9 Å². The van der Waals surface area contributed by atoms with Gasteiger partial charge in [0.1, 0.15) is 11.9 Å². The predicted molar refractivity (Wildman–Crippen MR) is 96.5 cm³/mol. The first-order valence-corrected chi connectivity index (χ1v) is 7.77. The van der Waals surface area contributed by atoms with Gasteiger partial charge in [0.2, 0.25) is 0 Å². The van der Waals surface area contributed by atoms with E-state index in [4.69, 9.17) is 5.73 Å². The summed E-state index contributed by atoms with van der Waals surface area (Å²) in [4.78, 5) is 1.85. The summed E-state index contributed by atoms with van der Waals surface area (Å²) in [6, 6.07) is 14.4. The summed E-state index contributed by atoms with van der Waals surface area (Å²) in [5, 5.41) is 15.1. The Morgan fingerprint density at radius 2 is 1.96 bits per heavy atom. The van der Waals surface area contributed by atoms with E-state index in [0.717, 1.165) is 27.7 Å². The second kappa shape index (κ2) is 5.54. The molecule has 1 aromatic heterocycles. The minimum Gasteiger partial charge on any atom is -0.506 e. The molecule has 1 aliphatic rings. The van der Waals surface area contributed by atoms with Crippen LogP contribution in [0.2, 0.25) is 0 Å². The average molecular weight is 318 g/mol. The van der Waals surface area contributed by atoms with E-state index >= 15 is 0 Å². The van der Waals surface area contributed by atoms with E-state index in [1.165, 1.54) is 0 Å². The number of aromatic nitrogens is 2. The van der Waals surface area contributed by atoms with Gasteiger partial charge in [-0.1, -0.05) is 24.3 Å². The molecular formula is C19H18N4O. The highest BCUT2D eigenvalue weighted by Gasteiger charge is 2.15. The summed E-state index contributed by atoms with van der Waals surface area (Å²) >= 11 is 0. The first-order valence-electron chi connectivity index (χ1n) is 7.77. The summed E-state index contributed by atoms with van der Waals surface area (Å²) in [7, 11) is 1.94. The minimum absolute atomic E-state index is 0.193. The van der Waals surface area contributed by atoms with Crippen molar-refractivity contribution in [2.24, 2.45) is 12.8 Å². The van der Waals surface area contributed by atoms with E-state index in [2.05, 4.69) is 35.4 Å². The monoisotopic (exact) mass is 318 g/mol. The highest BCUT2D eigenvalue weighted by molar-refractivity contribution is 5.85. The number of hydrogen-bond donors (Lipinski definition) is 2. The van der Waals surface area contributed by atoms with Crippen molar-refractivity contribution in [3.8, 4) is 11.1 Å². The van der Waals surface area contributed by atoms with Crippen molar-refractivity contribution in [3.63, 3.8) is 0 Å². The third kappa shape index (κ3) is 2.45. The molecule has 120 valence electrons. The molecule has 0 aliphatic carbocycles. The Morgan fingerprint density at radius 3 is 2.83 bits per heavy atom. The molecule has 0 saturated heterocycles. The third-order valence-corrected chi connectivity index (χ3v) is 4.28. The summed E-state index contributed by atoms with van der Waals surface area (Å²) in [5.74, 6) is 0.193. The highest BCUT2D eigenvalue weighted by atomic mass is 16.3. The largest absolute Gasteiger partial charge is 0.506 e. The molecule has 2 aromatic carbocycles. The van der Waals surface area contributed by atoms with Gasteiger partial charge in [-0.15, -0.1) is 0 Å². The Labute approximate surface area is 139 Å². The van der Waals surface area contributed by atoms with E-state index in [1.807, 2.05) is 35.0 Å². The molecule has 1 atom stereocenters. The molecule has 0 fully saturated rings. The average Bonchev–Trinajstić information content (AvgIpc) is 2.98. The van der Waals surface area contributed by atoms with E-state index in [9.17, 15) is 5.11 Å². The lowest BCUT2D eigenvalue weighted by Crippen LogP contribution is -2.38. The van der Waals surface area contributed by atoms with Crippen LogP contribution in [0.4, 0.5) is 5.69 Å². The number of anilines is 1. The van der Waals surface area contributed by atoms with Crippen LogP contribution in [0.5, 0.6) is 0 Å². The first-order chi connectivity index (χ1) is 11.6. The molecular weight excluding hydrogens is 300 g/mol. The smallest absolute Gasteiger partial charge is 0.131 e. The summed E-state index contributed by atoms with van der Waals surface area (Å²) in [5.41, 5.74) is 10.3. The van der Waals surface area contributed by atoms with Gasteiger partial charge in [0.15, 0.2) is 0 Å². The molecule has 5 heteroatoms. The molecule has 1 unspecified atom stereocenters. The molecule has 4 rings (SSSR count). The van der Waals surface area contributed by atoms with Crippen LogP contribution in [0.15, 0.2) is 72.8 Å². The molecule has 24 heavy (non-hydrogen) atoms. The van der Waals surface area contributed by atoms with Gasteiger partial charge in [-0.05, 0) is 41.5 Å². The van der Waals surface area contributed by atoms with Crippen LogP contribution in [0.1, 0.15) is 0 Å². The van der Waals surface area contributed by atoms with Gasteiger partial charge >= 0.3 is 0 Å². The predicted octanol–water partition coefficient (Wildman–Crippen LogP) is 3.30. The van der Waals surface area contributed by atoms with Gasteiger partial charge in [0.05, 0.1) is 11.7 Å². The molecule has 3 N–H and O–H groups in total. The lowest BCUT2D eigenvalue weighted by molar-refractivity contribution is 0.425. The normalized spacial score (nSPS) is 17.3. The highest BCUT2D eigenvalue weighted by Crippen LogP contribution is 2.29. The molecule has 2 heterocycles. The molecule has 3 aromatic rings. The maximum atomic E-state index is 9.74. The number of nitrogens with zero attached hydrogens (tertiary/aromatic N) is 3. The van der Waals surface area contributed by atoms with Crippen LogP contribution < -0.4 is 10.6 Å². The zero-order chi connectivity index (χ0) is 16.7. The quantitative estimate of drug-likeness (QED) is 0.761. The first kappa shape index (κ1) is 14.5. The van der Waals surface area contributed by atoms with Crippen LogP contribution in [-0.4, -0.2) is 21.1 Å². The lowest BCUT2D eigenvalue weighted by atomic mass is 10.0. The Kier molecular flexibility index (Phi) is 3.36. The Bertz CT molecular complexity index is 970. The van der Waals surface area contributed by atoms with Gasteiger partial charge in [-0.2, -0.15) is 5.10 Å². The zero-order valence-electron chi connectivity index (χ0n) is 13.3. The van der Waals surface area contributed by atoms with Crippen molar-refractivity contribution in [1.29, 1.82) is 0 Å². The Hall–Kier alpha value is -3.05. The zero-order valence-corrected chi connectivity index (χ0v) is 13.3. The van der Waals surface area contributed by atoms with Gasteiger partial charge in [-0.25, -0.2) is 0 Å². The third-order valence-electron chi connectivity index (χ3n) is 4.28. The number of aliphatic hydroxyl groups is 1. The number of benzene rings is 2. The van der Waals surface area contributed by atoms with Gasteiger partial charge in [0.25, 0.3) is 0 Å². The number of nitrogens with two attached hydrogens (primary N) is 1. The number of aliphatic hydroxyl groups excluding tert-OH is 1. The minimum atomic E-state index is -0.296. The molecule has 0 spiro atoms. The summed E-state index contributed by atoms with van der Waals surface area (Å²) in [6.45, 7) is 0. The van der Waals surface area contributed by atoms with Gasteiger partial charge in [0, 0.05) is 24.3 Å². The Morgan fingerprint density at radius 1 is 1.12 bits per heavy atom. The number of rotatable bonds is 2. The second-order valence-corrected chi connectivity index (χ2v) is 5.90. The summed E-state index contributed by atoms with van der Waals surface area (Å²) < 4.78 is 1.87. The van der Waals surface area contributed by atoms with Crippen molar-refractivity contribution in [2.75, 3.05) is 4.90 Å². The van der Waals surface area contributed by atoms with E-state index in [1.54, 1.807) is 18.4 Å². The number of aryl methyl sites for hydroxylation is 1. The van der Waals surface area contributed by atoms with Gasteiger partial charge in [-0.3, -0.25) is 4.68 Å². The molecule has 1 aliphatic heterocycles. The van der Waals surface area contributed by atoms with Crippen molar-refractivity contribution < 1.29 is 5.11 Å². The second-order valence-electron chi connectivity index (χ2n) is 5.90. The Balaban J connectivity index is 1.76. The SMILES string of the molecule is Cn1ncc2ccc(-c3cccc(N4C=C(O)C=CC4N)c3)cc21. The van der Waals surface area contributed by atoms with Crippen LogP contribution >= 0.6 is 0 Å². The fourth-order valence-corrected chi connectivity index (χ4v) is 2.98. The molecule has 0 bridgehead atoms. The number of allylic oxidation sites excluding steroid dienone is 1. The molecule has 0 saturated carbocycles. The molecule has 0 amide bonds. The van der Waals surface area contributed by atoms with Crippen LogP contribution in [-0.2, 0) is 7.05 Å². The van der Waals surface area contributed by atoms with Crippen molar-refractivity contribution in [2.45, 2.75) is 6.17 Å². The number of fused-ring (bicyclic) bond motifs is 1. The maximum Gasteiger partial charge on any atom is 0.131 e. The topological polar surface area (TPSA) is 67.3 Å². The van der Waals surface area contributed by atoms with Gasteiger partial charge < -0.3 is 15.7 Å². The fourth-order valence-electron chi connectivity index (χ4n) is 2.98. The van der Waals surface area contributed by atoms with E-state index in [0.29, 0.717) is 0 Å². The van der Waals surface area contributed by atoms with Crippen molar-refractivity contribution in [1.82, 2.24) is 9.78 Å². The fraction of sp³-hybridized carbons (Fsp3) is 0.105. The maximum absolute atomic E-state index is 9.74. The number of hydrogen-bond acceptors (Lipinski definition) is 4. The summed E-state index contributed by atoms with van der Waals surface area (Å²) in [6.07, 6.45) is 6.59. The van der Waals surface area contributed by atoms with Crippen LogP contribution in [0, 0.1) is 0 Å². The van der Waals surface area contributed by atoms with Crippen molar-refractivity contribution in [3.05, 3.63) is 72.8 Å². The lowest BCUT2D eigenvalue weighted by Gasteiger charge is -2.28. The van der Waals surface area contributed by atoms with Crippen molar-refractivity contribution >= 4 is 16.6 Å². The van der Waals surface area contributed by atoms with E-state index < -0.39 is 0 Å². The standard InChI is InChI=1S/C19H18N4O/c1-22-18-10-14(5-6-15(18)11-21-22)13-3-2-4-16(9-13)23-12-17(24)7-8-19(23)20/h2-12,19,24H,20H2,1H3. The molecule has 5 nitrogen and oxygen atoms in total. The molecule has 0 radical (unpaired) electrons.